The van der Waals surface area contributed by atoms with Gasteiger partial charge < -0.3 is 10.1 Å². The fourth-order valence-corrected chi connectivity index (χ4v) is 4.83. The molecule has 33 heavy (non-hydrogen) atoms. The van der Waals surface area contributed by atoms with Crippen LogP contribution in [-0.4, -0.2) is 42.0 Å². The van der Waals surface area contributed by atoms with Crippen molar-refractivity contribution in [2.24, 2.45) is 10.9 Å². The molecule has 0 aliphatic carbocycles. The summed E-state index contributed by atoms with van der Waals surface area (Å²) in [4.78, 5) is 19.3. The number of rotatable bonds is 6. The molecular formula is C24H30N6O2S. The number of hydrogen-bond donors (Lipinski definition) is 4. The zero-order valence-corrected chi connectivity index (χ0v) is 20.1. The van der Waals surface area contributed by atoms with E-state index < -0.39 is 0 Å². The molecule has 2 aliphatic heterocycles. The van der Waals surface area contributed by atoms with E-state index in [1.54, 1.807) is 7.11 Å². The molecule has 1 amide bonds. The molecule has 9 heteroatoms. The molecule has 2 aromatic rings. The van der Waals surface area contributed by atoms with Crippen LogP contribution in [0.4, 0.5) is 11.4 Å². The van der Waals surface area contributed by atoms with Gasteiger partial charge in [-0.2, -0.15) is 0 Å². The van der Waals surface area contributed by atoms with Crippen LogP contribution in [0, 0.1) is 11.3 Å². The Morgan fingerprint density at radius 2 is 2.00 bits per heavy atom. The summed E-state index contributed by atoms with van der Waals surface area (Å²) in [6, 6.07) is 15.5. The quantitative estimate of drug-likeness (QED) is 0.517. The summed E-state index contributed by atoms with van der Waals surface area (Å²) >= 11 is 1.32. The van der Waals surface area contributed by atoms with E-state index in [9.17, 15) is 4.79 Å². The Balaban J connectivity index is 1.51. The van der Waals surface area contributed by atoms with E-state index in [1.807, 2.05) is 60.4 Å². The van der Waals surface area contributed by atoms with E-state index in [0.717, 1.165) is 11.4 Å². The summed E-state index contributed by atoms with van der Waals surface area (Å²) in [6.07, 6.45) is -0.247. The predicted octanol–water partition coefficient (Wildman–Crippen LogP) is 3.78. The van der Waals surface area contributed by atoms with Crippen molar-refractivity contribution in [2.75, 3.05) is 23.1 Å². The molecule has 0 bridgehead atoms. The summed E-state index contributed by atoms with van der Waals surface area (Å²) in [7, 11) is 1.62. The average Bonchev–Trinajstić information content (AvgIpc) is 3.18. The van der Waals surface area contributed by atoms with Crippen molar-refractivity contribution in [1.29, 1.82) is 5.41 Å². The van der Waals surface area contributed by atoms with Crippen LogP contribution in [0.1, 0.15) is 32.3 Å². The Morgan fingerprint density at radius 1 is 1.24 bits per heavy atom. The number of nitrogens with one attached hydrogen (secondary N) is 4. The van der Waals surface area contributed by atoms with Crippen LogP contribution in [0.3, 0.4) is 0 Å². The molecule has 3 atom stereocenters. The van der Waals surface area contributed by atoms with Crippen molar-refractivity contribution in [2.45, 2.75) is 38.9 Å². The first kappa shape index (κ1) is 23.3. The largest absolute Gasteiger partial charge is 0.497 e. The molecule has 1 saturated heterocycles. The van der Waals surface area contributed by atoms with Gasteiger partial charge >= 0.3 is 0 Å². The highest BCUT2D eigenvalue weighted by molar-refractivity contribution is 8.14. The first-order valence-corrected chi connectivity index (χ1v) is 12.0. The topological polar surface area (TPSA) is 102 Å². The molecule has 1 fully saturated rings. The van der Waals surface area contributed by atoms with Crippen LogP contribution in [0.2, 0.25) is 0 Å². The molecule has 0 saturated carbocycles. The maximum Gasteiger partial charge on any atom is 0.234 e. The highest BCUT2D eigenvalue weighted by Crippen LogP contribution is 2.33. The minimum absolute atomic E-state index is 0.0583. The molecule has 2 aromatic carbocycles. The Morgan fingerprint density at radius 3 is 2.70 bits per heavy atom. The van der Waals surface area contributed by atoms with Gasteiger partial charge in [-0.1, -0.05) is 43.8 Å². The molecule has 0 radical (unpaired) electrons. The highest BCUT2D eigenvalue weighted by Gasteiger charge is 2.43. The monoisotopic (exact) mass is 466 g/mol. The molecule has 4 rings (SSSR count). The molecule has 0 aromatic heterocycles. The van der Waals surface area contributed by atoms with E-state index in [1.165, 1.54) is 17.3 Å². The first-order chi connectivity index (χ1) is 15.9. The lowest BCUT2D eigenvalue weighted by Gasteiger charge is -2.36. The zero-order valence-electron chi connectivity index (χ0n) is 19.3. The third-order valence-corrected chi connectivity index (χ3v) is 6.79. The number of methoxy groups -OCH3 is 1. The number of ether oxygens (including phenoxy) is 1. The van der Waals surface area contributed by atoms with Gasteiger partial charge in [0.1, 0.15) is 17.8 Å². The van der Waals surface area contributed by atoms with E-state index >= 15 is 0 Å². The smallest absolute Gasteiger partial charge is 0.234 e. The van der Waals surface area contributed by atoms with Crippen molar-refractivity contribution in [1.82, 2.24) is 10.9 Å². The normalized spacial score (nSPS) is 22.2. The van der Waals surface area contributed by atoms with Crippen LogP contribution < -0.4 is 25.8 Å². The number of fused-ring (bicyclic) bond motifs is 1. The van der Waals surface area contributed by atoms with Gasteiger partial charge in [-0.25, -0.2) is 10.4 Å². The Bertz CT molecular complexity index is 1060. The van der Waals surface area contributed by atoms with Crippen molar-refractivity contribution in [3.63, 3.8) is 0 Å². The Hall–Kier alpha value is -2.88. The van der Waals surface area contributed by atoms with Crippen molar-refractivity contribution in [3.8, 4) is 5.75 Å². The summed E-state index contributed by atoms with van der Waals surface area (Å²) in [5.74, 6) is 1.51. The van der Waals surface area contributed by atoms with E-state index in [0.29, 0.717) is 22.7 Å². The Kier molecular flexibility index (Phi) is 7.02. The first-order valence-electron chi connectivity index (χ1n) is 11.0. The molecular weight excluding hydrogens is 436 g/mol. The maximum absolute atomic E-state index is 12.7. The number of benzene rings is 2. The van der Waals surface area contributed by atoms with Crippen LogP contribution in [-0.2, 0) is 4.79 Å². The highest BCUT2D eigenvalue weighted by atomic mass is 32.2. The SMILES string of the molecule is COc1cccc(N2C(=N)C3C(C)NNC3N=C2SCC(=O)Nc2ccc(C(C)C)cc2)c1. The average molecular weight is 467 g/mol. The van der Waals surface area contributed by atoms with Gasteiger partial charge in [0.05, 0.1) is 24.5 Å². The molecule has 4 N–H and O–H groups in total. The van der Waals surface area contributed by atoms with Gasteiger partial charge in [-0.15, -0.1) is 0 Å². The lowest BCUT2D eigenvalue weighted by molar-refractivity contribution is -0.113. The van der Waals surface area contributed by atoms with E-state index in [2.05, 4.69) is 30.0 Å². The summed E-state index contributed by atoms with van der Waals surface area (Å²) in [5, 5.41) is 12.5. The van der Waals surface area contributed by atoms with Crippen LogP contribution in [0.15, 0.2) is 53.5 Å². The number of carbonyl (C=O) groups is 1. The van der Waals surface area contributed by atoms with Gasteiger partial charge in [0.15, 0.2) is 5.17 Å². The van der Waals surface area contributed by atoms with Gasteiger partial charge in [0, 0.05) is 17.8 Å². The number of amidine groups is 2. The summed E-state index contributed by atoms with van der Waals surface area (Å²) in [6.45, 7) is 6.31. The van der Waals surface area contributed by atoms with Crippen molar-refractivity contribution >= 4 is 40.0 Å². The van der Waals surface area contributed by atoms with Gasteiger partial charge in [0.25, 0.3) is 0 Å². The fraction of sp³-hybridized carbons (Fsp3) is 0.375. The third kappa shape index (κ3) is 5.05. The fourth-order valence-electron chi connectivity index (χ4n) is 3.98. The maximum atomic E-state index is 12.7. The van der Waals surface area contributed by atoms with Gasteiger partial charge in [-0.05, 0) is 42.7 Å². The number of hydrazine groups is 1. The van der Waals surface area contributed by atoms with Crippen LogP contribution >= 0.6 is 11.8 Å². The lowest BCUT2D eigenvalue weighted by Crippen LogP contribution is -2.50. The van der Waals surface area contributed by atoms with E-state index in [4.69, 9.17) is 15.1 Å². The summed E-state index contributed by atoms with van der Waals surface area (Å²) in [5.41, 5.74) is 9.12. The number of aliphatic imine (C=N–C) groups is 1. The lowest BCUT2D eigenvalue weighted by atomic mass is 9.97. The number of carbonyl (C=O) groups excluding carboxylic acids is 1. The molecule has 2 heterocycles. The number of hydrogen-bond acceptors (Lipinski definition) is 7. The van der Waals surface area contributed by atoms with Gasteiger partial charge in [-0.3, -0.25) is 20.5 Å². The molecule has 0 spiro atoms. The second kappa shape index (κ2) is 9.94. The molecule has 8 nitrogen and oxygen atoms in total. The zero-order chi connectivity index (χ0) is 23.5. The third-order valence-electron chi connectivity index (χ3n) is 5.84. The number of anilines is 2. The molecule has 174 valence electrons. The van der Waals surface area contributed by atoms with E-state index in [-0.39, 0.29) is 29.8 Å². The van der Waals surface area contributed by atoms with Crippen molar-refractivity contribution < 1.29 is 9.53 Å². The number of thioether (sulfide) groups is 1. The second-order valence-electron chi connectivity index (χ2n) is 8.50. The number of amides is 1. The number of nitrogens with zero attached hydrogens (tertiary/aromatic N) is 2. The minimum atomic E-state index is -0.247. The van der Waals surface area contributed by atoms with Gasteiger partial charge in [0.2, 0.25) is 5.91 Å². The molecule has 2 aliphatic rings. The summed E-state index contributed by atoms with van der Waals surface area (Å²) < 4.78 is 5.38. The molecule has 3 unspecified atom stereocenters. The van der Waals surface area contributed by atoms with Crippen LogP contribution in [0.25, 0.3) is 0 Å². The standard InChI is InChI=1S/C24H30N6O2S/c1-14(2)16-8-10-17(11-9-16)26-20(31)13-33-24-27-23-21(15(3)28-29-23)22(25)30(24)18-6-5-7-19(12-18)32-4/h5-12,14-15,21,23,25,28-29H,13H2,1-4H3,(H,26,31). The predicted molar refractivity (Wildman–Crippen MR) is 135 cm³/mol. The van der Waals surface area contributed by atoms with Crippen LogP contribution in [0.5, 0.6) is 5.75 Å². The Labute approximate surface area is 198 Å². The van der Waals surface area contributed by atoms with Crippen molar-refractivity contribution in [3.05, 3.63) is 54.1 Å². The second-order valence-corrected chi connectivity index (χ2v) is 9.44. The minimum Gasteiger partial charge on any atom is -0.497 e.